The molecule has 0 aliphatic carbocycles. The third-order valence-corrected chi connectivity index (χ3v) is 4.07. The average Bonchev–Trinajstić information content (AvgIpc) is 2.39. The summed E-state index contributed by atoms with van der Waals surface area (Å²) in [5, 5.41) is 7.14. The average molecular weight is 281 g/mol. The van der Waals surface area contributed by atoms with Gasteiger partial charge in [-0.05, 0) is 44.9 Å². The first kappa shape index (κ1) is 14.4. The summed E-state index contributed by atoms with van der Waals surface area (Å²) in [5.74, 6) is 0.252. The highest BCUT2D eigenvalue weighted by molar-refractivity contribution is 6.31. The SMILES string of the molecule is CC1CC(C(=O)N[C@H](C)c2ccccc2Cl)CCN1. The van der Waals surface area contributed by atoms with Crippen molar-refractivity contribution in [2.45, 2.75) is 38.8 Å². The van der Waals surface area contributed by atoms with Gasteiger partial charge in [-0.25, -0.2) is 0 Å². The van der Waals surface area contributed by atoms with E-state index in [-0.39, 0.29) is 17.9 Å². The number of rotatable bonds is 3. The molecule has 0 aromatic heterocycles. The van der Waals surface area contributed by atoms with Crippen LogP contribution in [0.25, 0.3) is 0 Å². The van der Waals surface area contributed by atoms with Gasteiger partial charge in [0.15, 0.2) is 0 Å². The van der Waals surface area contributed by atoms with Crippen LogP contribution in [0.4, 0.5) is 0 Å². The molecule has 0 saturated carbocycles. The molecule has 1 aliphatic rings. The minimum Gasteiger partial charge on any atom is -0.349 e. The predicted octanol–water partition coefficient (Wildman–Crippen LogP) is 2.91. The molecule has 104 valence electrons. The molecule has 4 heteroatoms. The Morgan fingerprint density at radius 3 is 2.89 bits per heavy atom. The van der Waals surface area contributed by atoms with Crippen molar-refractivity contribution in [2.24, 2.45) is 5.92 Å². The third kappa shape index (κ3) is 3.71. The zero-order chi connectivity index (χ0) is 13.8. The van der Waals surface area contributed by atoms with Crippen LogP contribution in [0.15, 0.2) is 24.3 Å². The van der Waals surface area contributed by atoms with Crippen LogP contribution >= 0.6 is 11.6 Å². The second-order valence-corrected chi connectivity index (χ2v) is 5.74. The summed E-state index contributed by atoms with van der Waals surface area (Å²) >= 11 is 6.15. The Balaban J connectivity index is 1.97. The summed E-state index contributed by atoms with van der Waals surface area (Å²) in [7, 11) is 0. The van der Waals surface area contributed by atoms with Gasteiger partial charge in [-0.15, -0.1) is 0 Å². The lowest BCUT2D eigenvalue weighted by molar-refractivity contribution is -0.126. The van der Waals surface area contributed by atoms with Crippen LogP contribution in [0.1, 0.15) is 38.3 Å². The van der Waals surface area contributed by atoms with E-state index in [9.17, 15) is 4.79 Å². The number of hydrogen-bond acceptors (Lipinski definition) is 2. The van der Waals surface area contributed by atoms with Crippen molar-refractivity contribution in [3.63, 3.8) is 0 Å². The van der Waals surface area contributed by atoms with Gasteiger partial charge in [0.1, 0.15) is 0 Å². The van der Waals surface area contributed by atoms with E-state index in [1.54, 1.807) is 0 Å². The first-order valence-electron chi connectivity index (χ1n) is 6.86. The van der Waals surface area contributed by atoms with E-state index in [2.05, 4.69) is 17.6 Å². The van der Waals surface area contributed by atoms with Crippen molar-refractivity contribution < 1.29 is 4.79 Å². The number of hydrogen-bond donors (Lipinski definition) is 2. The minimum atomic E-state index is -0.0496. The molecule has 1 aromatic carbocycles. The Hall–Kier alpha value is -1.06. The second-order valence-electron chi connectivity index (χ2n) is 5.33. The van der Waals surface area contributed by atoms with Crippen molar-refractivity contribution in [3.05, 3.63) is 34.9 Å². The van der Waals surface area contributed by atoms with E-state index in [0.29, 0.717) is 11.1 Å². The number of halogens is 1. The maximum Gasteiger partial charge on any atom is 0.223 e. The third-order valence-electron chi connectivity index (χ3n) is 3.72. The molecule has 1 saturated heterocycles. The molecule has 2 unspecified atom stereocenters. The largest absolute Gasteiger partial charge is 0.349 e. The maximum absolute atomic E-state index is 12.3. The predicted molar refractivity (Wildman–Crippen MR) is 78.2 cm³/mol. The first-order valence-corrected chi connectivity index (χ1v) is 7.24. The molecule has 1 fully saturated rings. The van der Waals surface area contributed by atoms with Crippen molar-refractivity contribution in [1.82, 2.24) is 10.6 Å². The van der Waals surface area contributed by atoms with Gasteiger partial charge < -0.3 is 10.6 Å². The van der Waals surface area contributed by atoms with Crippen LogP contribution in [0, 0.1) is 5.92 Å². The van der Waals surface area contributed by atoms with Gasteiger partial charge in [-0.3, -0.25) is 4.79 Å². The Morgan fingerprint density at radius 1 is 1.47 bits per heavy atom. The number of piperidine rings is 1. The number of carbonyl (C=O) groups excluding carboxylic acids is 1. The van der Waals surface area contributed by atoms with Gasteiger partial charge in [-0.2, -0.15) is 0 Å². The highest BCUT2D eigenvalue weighted by atomic mass is 35.5. The zero-order valence-corrected chi connectivity index (χ0v) is 12.2. The standard InChI is InChI=1S/C15H21ClN2O/c1-10-9-12(7-8-17-10)15(19)18-11(2)13-5-3-4-6-14(13)16/h3-6,10-12,17H,7-9H2,1-2H3,(H,18,19)/t10?,11-,12?/m1/s1. The lowest BCUT2D eigenvalue weighted by atomic mass is 9.92. The Morgan fingerprint density at radius 2 is 2.21 bits per heavy atom. The summed E-state index contributed by atoms with van der Waals surface area (Å²) in [6.07, 6.45) is 1.81. The lowest BCUT2D eigenvalue weighted by Crippen LogP contribution is -2.43. The number of carbonyl (C=O) groups is 1. The molecule has 1 amide bonds. The number of benzene rings is 1. The molecule has 19 heavy (non-hydrogen) atoms. The fourth-order valence-electron chi connectivity index (χ4n) is 2.61. The minimum absolute atomic E-state index is 0.0496. The van der Waals surface area contributed by atoms with Crippen LogP contribution in [0.2, 0.25) is 5.02 Å². The molecule has 0 spiro atoms. The Labute approximate surface area is 119 Å². The van der Waals surface area contributed by atoms with E-state index in [1.165, 1.54) is 0 Å². The van der Waals surface area contributed by atoms with Gasteiger partial charge in [-0.1, -0.05) is 29.8 Å². The molecule has 0 radical (unpaired) electrons. The van der Waals surface area contributed by atoms with Crippen molar-refractivity contribution in [1.29, 1.82) is 0 Å². The molecule has 1 aliphatic heterocycles. The summed E-state index contributed by atoms with van der Waals surface area (Å²) in [6, 6.07) is 8.02. The van der Waals surface area contributed by atoms with E-state index in [4.69, 9.17) is 11.6 Å². The van der Waals surface area contributed by atoms with E-state index in [1.807, 2.05) is 31.2 Å². The van der Waals surface area contributed by atoms with Crippen LogP contribution in [-0.4, -0.2) is 18.5 Å². The fourth-order valence-corrected chi connectivity index (χ4v) is 2.90. The maximum atomic E-state index is 12.3. The normalized spacial score (nSPS) is 24.8. The molecular weight excluding hydrogens is 260 g/mol. The van der Waals surface area contributed by atoms with Gasteiger partial charge in [0.25, 0.3) is 0 Å². The molecule has 1 aromatic rings. The van der Waals surface area contributed by atoms with Gasteiger partial charge in [0, 0.05) is 17.0 Å². The van der Waals surface area contributed by atoms with Gasteiger partial charge in [0.05, 0.1) is 6.04 Å². The van der Waals surface area contributed by atoms with Crippen LogP contribution < -0.4 is 10.6 Å². The summed E-state index contributed by atoms with van der Waals surface area (Å²) in [5.41, 5.74) is 0.972. The van der Waals surface area contributed by atoms with E-state index < -0.39 is 0 Å². The quantitative estimate of drug-likeness (QED) is 0.894. The van der Waals surface area contributed by atoms with Gasteiger partial charge in [0.2, 0.25) is 5.91 Å². The summed E-state index contributed by atoms with van der Waals surface area (Å²) in [4.78, 5) is 12.3. The van der Waals surface area contributed by atoms with Crippen molar-refractivity contribution in [2.75, 3.05) is 6.54 Å². The molecule has 3 atom stereocenters. The van der Waals surface area contributed by atoms with Crippen molar-refractivity contribution in [3.8, 4) is 0 Å². The fraction of sp³-hybridized carbons (Fsp3) is 0.533. The van der Waals surface area contributed by atoms with Crippen LogP contribution in [0.5, 0.6) is 0 Å². The Bertz CT molecular complexity index is 450. The molecule has 3 nitrogen and oxygen atoms in total. The molecule has 2 N–H and O–H groups in total. The smallest absolute Gasteiger partial charge is 0.223 e. The molecular formula is C15H21ClN2O. The number of nitrogens with one attached hydrogen (secondary N) is 2. The van der Waals surface area contributed by atoms with Crippen LogP contribution in [0.3, 0.4) is 0 Å². The monoisotopic (exact) mass is 280 g/mol. The molecule has 1 heterocycles. The summed E-state index contributed by atoms with van der Waals surface area (Å²) in [6.45, 7) is 5.01. The van der Waals surface area contributed by atoms with Gasteiger partial charge >= 0.3 is 0 Å². The topological polar surface area (TPSA) is 41.1 Å². The lowest BCUT2D eigenvalue weighted by Gasteiger charge is -2.28. The van der Waals surface area contributed by atoms with E-state index in [0.717, 1.165) is 24.9 Å². The first-order chi connectivity index (χ1) is 9.08. The zero-order valence-electron chi connectivity index (χ0n) is 11.4. The molecule has 0 bridgehead atoms. The highest BCUT2D eigenvalue weighted by Crippen LogP contribution is 2.23. The molecule has 2 rings (SSSR count). The second kappa shape index (κ2) is 6.40. The van der Waals surface area contributed by atoms with E-state index >= 15 is 0 Å². The highest BCUT2D eigenvalue weighted by Gasteiger charge is 2.25. The number of amides is 1. The van der Waals surface area contributed by atoms with Crippen molar-refractivity contribution >= 4 is 17.5 Å². The summed E-state index contributed by atoms with van der Waals surface area (Å²) < 4.78 is 0. The Kier molecular flexibility index (Phi) is 4.83. The van der Waals surface area contributed by atoms with Crippen LogP contribution in [-0.2, 0) is 4.79 Å².